The van der Waals surface area contributed by atoms with Crippen LogP contribution in [0.1, 0.15) is 18.9 Å². The molecule has 0 saturated heterocycles. The summed E-state index contributed by atoms with van der Waals surface area (Å²) >= 11 is 6.58. The summed E-state index contributed by atoms with van der Waals surface area (Å²) in [7, 11) is 1.97. The molecule has 0 bridgehead atoms. The minimum absolute atomic E-state index is 0.348. The highest BCUT2D eigenvalue weighted by molar-refractivity contribution is 6.33. The van der Waals surface area contributed by atoms with Gasteiger partial charge < -0.3 is 10.6 Å². The van der Waals surface area contributed by atoms with Crippen molar-refractivity contribution in [3.05, 3.63) is 65.3 Å². The third kappa shape index (κ3) is 2.80. The number of benzene rings is 2. The molecule has 2 heterocycles. The summed E-state index contributed by atoms with van der Waals surface area (Å²) in [6.45, 7) is 3.01. The summed E-state index contributed by atoms with van der Waals surface area (Å²) in [5.41, 5.74) is 9.89. The van der Waals surface area contributed by atoms with Gasteiger partial charge in [0, 0.05) is 35.8 Å². The molecule has 2 aromatic carbocycles. The molecular formula is C21H21ClN4. The molecule has 2 N–H and O–H groups in total. The first-order valence-corrected chi connectivity index (χ1v) is 9.06. The average molecular weight is 365 g/mol. The fourth-order valence-electron chi connectivity index (χ4n) is 3.51. The molecular weight excluding hydrogens is 344 g/mol. The number of aliphatic imine (C=N–C) groups is 1. The number of nitrogens with zero attached hydrogens (tertiary/aromatic N) is 3. The predicted molar refractivity (Wildman–Crippen MR) is 108 cm³/mol. The third-order valence-corrected chi connectivity index (χ3v) is 5.54. The van der Waals surface area contributed by atoms with Crippen molar-refractivity contribution in [3.63, 3.8) is 0 Å². The molecule has 1 unspecified atom stereocenters. The van der Waals surface area contributed by atoms with Gasteiger partial charge in [-0.15, -0.1) is 0 Å². The van der Waals surface area contributed by atoms with Gasteiger partial charge in [-0.05, 0) is 48.7 Å². The second-order valence-corrected chi connectivity index (χ2v) is 7.39. The number of nitrogens with two attached hydrogens (primary N) is 1. The van der Waals surface area contributed by atoms with Gasteiger partial charge >= 0.3 is 0 Å². The molecule has 4 nitrogen and oxygen atoms in total. The van der Waals surface area contributed by atoms with Crippen molar-refractivity contribution in [2.24, 2.45) is 10.7 Å². The van der Waals surface area contributed by atoms with Gasteiger partial charge in [-0.3, -0.25) is 4.98 Å². The zero-order valence-electron chi connectivity index (χ0n) is 14.9. The van der Waals surface area contributed by atoms with Crippen LogP contribution in [0.5, 0.6) is 0 Å². The van der Waals surface area contributed by atoms with E-state index in [4.69, 9.17) is 22.3 Å². The van der Waals surface area contributed by atoms with Crippen molar-refractivity contribution in [1.82, 2.24) is 9.88 Å². The maximum Gasteiger partial charge on any atom is 0.191 e. The molecule has 1 atom stereocenters. The van der Waals surface area contributed by atoms with E-state index in [0.717, 1.165) is 45.6 Å². The van der Waals surface area contributed by atoms with Gasteiger partial charge in [-0.1, -0.05) is 35.9 Å². The summed E-state index contributed by atoms with van der Waals surface area (Å²) in [6.07, 6.45) is 2.71. The van der Waals surface area contributed by atoms with E-state index in [2.05, 4.69) is 36.2 Å². The molecule has 0 amide bonds. The number of aromatic nitrogens is 1. The number of hydrogen-bond acceptors (Lipinski definition) is 4. The van der Waals surface area contributed by atoms with E-state index in [1.807, 2.05) is 36.2 Å². The standard InChI is InChI=1S/C21H21ClN4/c1-21(10-12-26(2)20(23)25-21)14-8-9-18(22)17(13-14)15-5-3-7-19-16(15)6-4-11-24-19/h3-9,11,13H,10,12H2,1-2H3,(H2,23,25). The van der Waals surface area contributed by atoms with Gasteiger partial charge in [-0.25, -0.2) is 4.99 Å². The van der Waals surface area contributed by atoms with Gasteiger partial charge in [-0.2, -0.15) is 0 Å². The normalized spacial score (nSPS) is 20.3. The second kappa shape index (κ2) is 6.29. The van der Waals surface area contributed by atoms with E-state index in [0.29, 0.717) is 5.96 Å². The van der Waals surface area contributed by atoms with Crippen LogP contribution in [0.25, 0.3) is 22.0 Å². The maximum atomic E-state index is 6.58. The summed E-state index contributed by atoms with van der Waals surface area (Å²) in [5, 5.41) is 1.81. The topological polar surface area (TPSA) is 54.5 Å². The number of pyridine rings is 1. The molecule has 0 spiro atoms. The van der Waals surface area contributed by atoms with Gasteiger partial charge in [0.15, 0.2) is 5.96 Å². The van der Waals surface area contributed by atoms with E-state index in [-0.39, 0.29) is 5.54 Å². The Bertz CT molecular complexity index is 1010. The highest BCUT2D eigenvalue weighted by Gasteiger charge is 2.31. The molecule has 4 rings (SSSR count). The van der Waals surface area contributed by atoms with Gasteiger partial charge in [0.2, 0.25) is 0 Å². The molecule has 5 heteroatoms. The Morgan fingerprint density at radius 2 is 1.96 bits per heavy atom. The molecule has 1 aliphatic rings. The summed E-state index contributed by atoms with van der Waals surface area (Å²) in [6, 6.07) is 16.3. The Balaban J connectivity index is 1.88. The Kier molecular flexibility index (Phi) is 4.08. The Morgan fingerprint density at radius 3 is 2.77 bits per heavy atom. The smallest absolute Gasteiger partial charge is 0.191 e. The van der Waals surface area contributed by atoms with Crippen molar-refractivity contribution in [2.75, 3.05) is 13.6 Å². The molecule has 0 fully saturated rings. The zero-order valence-corrected chi connectivity index (χ0v) is 15.7. The van der Waals surface area contributed by atoms with Crippen LogP contribution in [-0.4, -0.2) is 29.4 Å². The summed E-state index contributed by atoms with van der Waals surface area (Å²) in [4.78, 5) is 11.2. The highest BCUT2D eigenvalue weighted by atomic mass is 35.5. The summed E-state index contributed by atoms with van der Waals surface area (Å²) < 4.78 is 0. The molecule has 0 saturated carbocycles. The Labute approximate surface area is 158 Å². The average Bonchev–Trinajstić information content (AvgIpc) is 2.65. The Hall–Kier alpha value is -2.59. The zero-order chi connectivity index (χ0) is 18.3. The van der Waals surface area contributed by atoms with Crippen LogP contribution < -0.4 is 5.73 Å². The first-order valence-electron chi connectivity index (χ1n) is 8.68. The minimum Gasteiger partial charge on any atom is -0.370 e. The van der Waals surface area contributed by atoms with E-state index in [1.54, 1.807) is 6.20 Å². The van der Waals surface area contributed by atoms with Crippen LogP contribution in [0, 0.1) is 0 Å². The fraction of sp³-hybridized carbons (Fsp3) is 0.238. The van der Waals surface area contributed by atoms with Gasteiger partial charge in [0.1, 0.15) is 0 Å². The number of halogens is 1. The second-order valence-electron chi connectivity index (χ2n) is 6.99. The monoisotopic (exact) mass is 364 g/mol. The van der Waals surface area contributed by atoms with Crippen LogP contribution in [0.2, 0.25) is 5.02 Å². The van der Waals surface area contributed by atoms with Crippen LogP contribution in [0.3, 0.4) is 0 Å². The van der Waals surface area contributed by atoms with Gasteiger partial charge in [0.05, 0.1) is 11.1 Å². The molecule has 0 radical (unpaired) electrons. The SMILES string of the molecule is CN1CCC(C)(c2ccc(Cl)c(-c3cccc4ncccc34)c2)N=C1N. The lowest BCUT2D eigenvalue weighted by Crippen LogP contribution is -2.43. The number of guanidine groups is 1. The van der Waals surface area contributed by atoms with E-state index in [9.17, 15) is 0 Å². The molecule has 132 valence electrons. The quantitative estimate of drug-likeness (QED) is 0.732. The third-order valence-electron chi connectivity index (χ3n) is 5.21. The molecule has 0 aliphatic carbocycles. The van der Waals surface area contributed by atoms with Crippen LogP contribution in [0.4, 0.5) is 0 Å². The van der Waals surface area contributed by atoms with E-state index < -0.39 is 0 Å². The molecule has 26 heavy (non-hydrogen) atoms. The lowest BCUT2D eigenvalue weighted by molar-refractivity contribution is 0.339. The lowest BCUT2D eigenvalue weighted by Gasteiger charge is -2.35. The van der Waals surface area contributed by atoms with Crippen molar-refractivity contribution in [1.29, 1.82) is 0 Å². The number of hydrogen-bond donors (Lipinski definition) is 1. The predicted octanol–water partition coefficient (Wildman–Crippen LogP) is 4.42. The first kappa shape index (κ1) is 16.9. The van der Waals surface area contributed by atoms with Crippen molar-refractivity contribution >= 4 is 28.5 Å². The molecule has 3 aromatic rings. The Morgan fingerprint density at radius 1 is 1.12 bits per heavy atom. The number of rotatable bonds is 2. The van der Waals surface area contributed by atoms with E-state index in [1.165, 1.54) is 0 Å². The fourth-order valence-corrected chi connectivity index (χ4v) is 3.73. The molecule has 1 aromatic heterocycles. The summed E-state index contributed by atoms with van der Waals surface area (Å²) in [5.74, 6) is 0.574. The van der Waals surface area contributed by atoms with Gasteiger partial charge in [0.25, 0.3) is 0 Å². The lowest BCUT2D eigenvalue weighted by atomic mass is 9.86. The first-order chi connectivity index (χ1) is 12.5. The van der Waals surface area contributed by atoms with Crippen molar-refractivity contribution in [2.45, 2.75) is 18.9 Å². The van der Waals surface area contributed by atoms with Crippen molar-refractivity contribution in [3.8, 4) is 11.1 Å². The van der Waals surface area contributed by atoms with Crippen LogP contribution in [0.15, 0.2) is 59.7 Å². The largest absolute Gasteiger partial charge is 0.370 e. The van der Waals surface area contributed by atoms with E-state index >= 15 is 0 Å². The minimum atomic E-state index is -0.348. The van der Waals surface area contributed by atoms with Crippen LogP contribution >= 0.6 is 11.6 Å². The molecule has 1 aliphatic heterocycles. The highest BCUT2D eigenvalue weighted by Crippen LogP contribution is 2.39. The van der Waals surface area contributed by atoms with Crippen LogP contribution in [-0.2, 0) is 5.54 Å². The number of fused-ring (bicyclic) bond motifs is 1. The maximum absolute atomic E-state index is 6.58. The van der Waals surface area contributed by atoms with Crippen molar-refractivity contribution < 1.29 is 0 Å².